The summed E-state index contributed by atoms with van der Waals surface area (Å²) in [5, 5.41) is 6.31. The van der Waals surface area contributed by atoms with Crippen molar-refractivity contribution < 1.29 is 9.53 Å². The topological polar surface area (TPSA) is 76.1 Å². The maximum Gasteiger partial charge on any atom is 0.274 e. The van der Waals surface area contributed by atoms with Gasteiger partial charge in [-0.15, -0.1) is 0 Å². The van der Waals surface area contributed by atoms with Crippen molar-refractivity contribution in [2.45, 2.75) is 51.5 Å². The molecule has 6 nitrogen and oxygen atoms in total. The van der Waals surface area contributed by atoms with E-state index in [9.17, 15) is 4.79 Å². The lowest BCUT2D eigenvalue weighted by Crippen LogP contribution is -2.20. The number of rotatable bonds is 6. The molecule has 0 spiro atoms. The van der Waals surface area contributed by atoms with E-state index >= 15 is 0 Å². The van der Waals surface area contributed by atoms with Gasteiger partial charge in [-0.3, -0.25) is 4.79 Å². The van der Waals surface area contributed by atoms with Crippen LogP contribution in [0.5, 0.6) is 5.75 Å². The Morgan fingerprint density at radius 3 is 2.54 bits per heavy atom. The highest BCUT2D eigenvalue weighted by atomic mass is 16.5. The minimum absolute atomic E-state index is 0.250. The van der Waals surface area contributed by atoms with Gasteiger partial charge in [0.25, 0.3) is 5.91 Å². The van der Waals surface area contributed by atoms with Gasteiger partial charge >= 0.3 is 0 Å². The molecule has 0 unspecified atom stereocenters. The van der Waals surface area contributed by atoms with Crippen molar-refractivity contribution in [1.29, 1.82) is 0 Å². The molecule has 0 atom stereocenters. The number of amides is 1. The third-order valence-electron chi connectivity index (χ3n) is 4.53. The van der Waals surface area contributed by atoms with E-state index < -0.39 is 0 Å². The Morgan fingerprint density at radius 2 is 1.85 bits per heavy atom. The van der Waals surface area contributed by atoms with E-state index in [1.165, 1.54) is 32.0 Å². The molecule has 26 heavy (non-hydrogen) atoms. The van der Waals surface area contributed by atoms with Crippen LogP contribution in [0.2, 0.25) is 0 Å². The minimum Gasteiger partial charge on any atom is -0.494 e. The van der Waals surface area contributed by atoms with E-state index in [-0.39, 0.29) is 5.91 Å². The molecule has 1 aromatic carbocycles. The highest BCUT2D eigenvalue weighted by Crippen LogP contribution is 2.21. The largest absolute Gasteiger partial charge is 0.494 e. The number of anilines is 2. The number of aromatic nitrogens is 2. The van der Waals surface area contributed by atoms with Gasteiger partial charge in [0.2, 0.25) is 0 Å². The Labute approximate surface area is 154 Å². The van der Waals surface area contributed by atoms with Crippen molar-refractivity contribution in [2.24, 2.45) is 0 Å². The number of benzene rings is 1. The zero-order chi connectivity index (χ0) is 18.2. The number of nitrogens with one attached hydrogen (secondary N) is 2. The van der Waals surface area contributed by atoms with Gasteiger partial charge in [-0.25, -0.2) is 9.97 Å². The fraction of sp³-hybridized carbons (Fsp3) is 0.450. The number of carbonyl (C=O) groups is 1. The van der Waals surface area contributed by atoms with Crippen LogP contribution >= 0.6 is 0 Å². The zero-order valence-corrected chi connectivity index (χ0v) is 15.2. The predicted octanol–water partition coefficient (Wildman–Crippen LogP) is 4.26. The van der Waals surface area contributed by atoms with Crippen LogP contribution in [0.25, 0.3) is 0 Å². The van der Waals surface area contributed by atoms with Crippen molar-refractivity contribution in [3.63, 3.8) is 0 Å². The van der Waals surface area contributed by atoms with E-state index in [1.807, 2.05) is 31.2 Å². The normalized spacial score (nSPS) is 15.1. The van der Waals surface area contributed by atoms with Gasteiger partial charge in [-0.1, -0.05) is 25.7 Å². The molecule has 1 heterocycles. The summed E-state index contributed by atoms with van der Waals surface area (Å²) < 4.78 is 5.41. The second-order valence-electron chi connectivity index (χ2n) is 6.53. The quantitative estimate of drug-likeness (QED) is 0.758. The molecule has 1 amide bonds. The Bertz CT molecular complexity index is 710. The molecule has 3 rings (SSSR count). The second kappa shape index (κ2) is 9.17. The van der Waals surface area contributed by atoms with Gasteiger partial charge in [-0.05, 0) is 44.0 Å². The van der Waals surface area contributed by atoms with Gasteiger partial charge in [0.15, 0.2) is 0 Å². The first-order valence-electron chi connectivity index (χ1n) is 9.37. The zero-order valence-electron chi connectivity index (χ0n) is 15.2. The lowest BCUT2D eigenvalue weighted by Gasteiger charge is -2.17. The van der Waals surface area contributed by atoms with Crippen LogP contribution in [0, 0.1) is 0 Å². The van der Waals surface area contributed by atoms with E-state index in [1.54, 1.807) is 6.07 Å². The Balaban J connectivity index is 1.62. The molecule has 1 aliphatic rings. The molecule has 1 aliphatic carbocycles. The van der Waals surface area contributed by atoms with Crippen molar-refractivity contribution in [2.75, 3.05) is 17.2 Å². The van der Waals surface area contributed by atoms with E-state index in [0.29, 0.717) is 29.8 Å². The first-order chi connectivity index (χ1) is 12.7. The summed E-state index contributed by atoms with van der Waals surface area (Å²) in [6, 6.07) is 9.43. The molecule has 0 bridgehead atoms. The van der Waals surface area contributed by atoms with Gasteiger partial charge < -0.3 is 15.4 Å². The minimum atomic E-state index is -0.250. The highest BCUT2D eigenvalue weighted by Gasteiger charge is 2.14. The SMILES string of the molecule is CCOc1ccc(NC(=O)c2cc(NC3CCCCCC3)ncn2)cc1. The monoisotopic (exact) mass is 354 g/mol. The van der Waals surface area contributed by atoms with Crippen molar-refractivity contribution in [1.82, 2.24) is 9.97 Å². The molecule has 1 saturated carbocycles. The Morgan fingerprint density at radius 1 is 1.12 bits per heavy atom. The number of ether oxygens (including phenoxy) is 1. The molecule has 0 radical (unpaired) electrons. The average Bonchev–Trinajstić information content (AvgIpc) is 2.92. The standard InChI is InChI=1S/C20H26N4O2/c1-2-26-17-11-9-16(10-12-17)24-20(25)18-13-19(22-14-21-18)23-15-7-5-3-4-6-8-15/h9-15H,2-8H2,1H3,(H,24,25)(H,21,22,23). The van der Waals surface area contributed by atoms with Crippen molar-refractivity contribution in [3.8, 4) is 5.75 Å². The fourth-order valence-corrected chi connectivity index (χ4v) is 3.19. The summed E-state index contributed by atoms with van der Waals surface area (Å²) in [5.74, 6) is 1.24. The number of nitrogens with zero attached hydrogens (tertiary/aromatic N) is 2. The average molecular weight is 354 g/mol. The second-order valence-corrected chi connectivity index (χ2v) is 6.53. The van der Waals surface area contributed by atoms with Crippen LogP contribution in [0.15, 0.2) is 36.7 Å². The van der Waals surface area contributed by atoms with E-state index in [2.05, 4.69) is 20.6 Å². The van der Waals surface area contributed by atoms with Crippen LogP contribution in [0.3, 0.4) is 0 Å². The first-order valence-corrected chi connectivity index (χ1v) is 9.37. The van der Waals surface area contributed by atoms with Crippen LogP contribution in [0.1, 0.15) is 55.9 Å². The lowest BCUT2D eigenvalue weighted by atomic mass is 10.1. The van der Waals surface area contributed by atoms with Crippen LogP contribution in [0.4, 0.5) is 11.5 Å². The van der Waals surface area contributed by atoms with Gasteiger partial charge in [0.1, 0.15) is 23.6 Å². The third-order valence-corrected chi connectivity index (χ3v) is 4.53. The molecule has 138 valence electrons. The van der Waals surface area contributed by atoms with Gasteiger partial charge in [0.05, 0.1) is 6.61 Å². The smallest absolute Gasteiger partial charge is 0.274 e. The Hall–Kier alpha value is -2.63. The molecular formula is C20H26N4O2. The lowest BCUT2D eigenvalue weighted by molar-refractivity contribution is 0.102. The summed E-state index contributed by atoms with van der Waals surface area (Å²) in [6.45, 7) is 2.55. The fourth-order valence-electron chi connectivity index (χ4n) is 3.19. The van der Waals surface area contributed by atoms with Crippen molar-refractivity contribution in [3.05, 3.63) is 42.4 Å². The summed E-state index contributed by atoms with van der Waals surface area (Å²) >= 11 is 0. The van der Waals surface area contributed by atoms with Crippen LogP contribution in [-0.4, -0.2) is 28.5 Å². The first kappa shape index (κ1) is 18.2. The predicted molar refractivity (Wildman–Crippen MR) is 103 cm³/mol. The summed E-state index contributed by atoms with van der Waals surface area (Å²) in [5.41, 5.74) is 1.06. The summed E-state index contributed by atoms with van der Waals surface area (Å²) in [6.07, 6.45) is 8.83. The highest BCUT2D eigenvalue weighted by molar-refractivity contribution is 6.03. The summed E-state index contributed by atoms with van der Waals surface area (Å²) in [4.78, 5) is 20.8. The number of hydrogen-bond acceptors (Lipinski definition) is 5. The molecule has 1 aromatic heterocycles. The molecule has 2 N–H and O–H groups in total. The molecule has 6 heteroatoms. The molecule has 0 aliphatic heterocycles. The maximum absolute atomic E-state index is 12.5. The third kappa shape index (κ3) is 5.18. The molecular weight excluding hydrogens is 328 g/mol. The number of carbonyl (C=O) groups excluding carboxylic acids is 1. The van der Waals surface area contributed by atoms with E-state index in [0.717, 1.165) is 18.6 Å². The molecule has 0 saturated heterocycles. The molecule has 2 aromatic rings. The van der Waals surface area contributed by atoms with Gasteiger partial charge in [-0.2, -0.15) is 0 Å². The van der Waals surface area contributed by atoms with E-state index in [4.69, 9.17) is 4.74 Å². The van der Waals surface area contributed by atoms with Crippen molar-refractivity contribution >= 4 is 17.4 Å². The van der Waals surface area contributed by atoms with Crippen LogP contribution in [-0.2, 0) is 0 Å². The Kier molecular flexibility index (Phi) is 6.41. The maximum atomic E-state index is 12.5. The number of hydrogen-bond donors (Lipinski definition) is 2. The summed E-state index contributed by atoms with van der Waals surface area (Å²) in [7, 11) is 0. The van der Waals surface area contributed by atoms with Crippen LogP contribution < -0.4 is 15.4 Å². The molecule has 1 fully saturated rings. The van der Waals surface area contributed by atoms with Gasteiger partial charge in [0, 0.05) is 17.8 Å².